The minimum absolute atomic E-state index is 0.123. The van der Waals surface area contributed by atoms with E-state index >= 15 is 0 Å². The first-order chi connectivity index (χ1) is 11.7. The second kappa shape index (κ2) is 5.69. The smallest absolute Gasteiger partial charge is 0.269 e. The molecule has 1 aliphatic rings. The van der Waals surface area contributed by atoms with Gasteiger partial charge in [-0.1, -0.05) is 24.3 Å². The maximum atomic E-state index is 10.9. The molecule has 0 aliphatic carbocycles. The molecular formula is C19H15N2O2S+. The number of benzene rings is 3. The Morgan fingerprint density at radius 2 is 1.33 bits per heavy atom. The predicted octanol–water partition coefficient (Wildman–Crippen LogP) is 4.77. The first-order valence-corrected chi connectivity index (χ1v) is 8.80. The van der Waals surface area contributed by atoms with Crippen molar-refractivity contribution in [1.82, 2.24) is 0 Å². The Hall–Kier alpha value is -2.79. The van der Waals surface area contributed by atoms with Crippen molar-refractivity contribution in [2.45, 2.75) is 14.7 Å². The van der Waals surface area contributed by atoms with E-state index in [1.165, 1.54) is 21.2 Å². The van der Waals surface area contributed by atoms with Gasteiger partial charge in [-0.25, -0.2) is 0 Å². The van der Waals surface area contributed by atoms with Crippen LogP contribution in [0.5, 0.6) is 0 Å². The normalized spacial score (nSPS) is 13.3. The molecule has 5 heteroatoms. The number of rotatable bonds is 2. The zero-order chi connectivity index (χ0) is 16.7. The Kier molecular flexibility index (Phi) is 3.50. The minimum Gasteiger partial charge on any atom is -0.336 e. The Balaban J connectivity index is 1.92. The summed E-state index contributed by atoms with van der Waals surface area (Å²) in [4.78, 5) is 16.4. The number of nitro groups is 1. The van der Waals surface area contributed by atoms with Gasteiger partial charge in [-0.15, -0.1) is 0 Å². The van der Waals surface area contributed by atoms with Gasteiger partial charge < -0.3 is 4.90 Å². The Morgan fingerprint density at radius 3 is 1.83 bits per heavy atom. The van der Waals surface area contributed by atoms with E-state index in [-0.39, 0.29) is 21.5 Å². The lowest BCUT2D eigenvalue weighted by Crippen LogP contribution is -2.22. The Labute approximate surface area is 142 Å². The summed E-state index contributed by atoms with van der Waals surface area (Å²) in [5.74, 6) is 0. The number of nitrogens with zero attached hydrogens (tertiary/aromatic N) is 2. The average molecular weight is 335 g/mol. The molecule has 0 aromatic heterocycles. The Morgan fingerprint density at radius 1 is 0.833 bits per heavy atom. The van der Waals surface area contributed by atoms with Gasteiger partial charge in [0.1, 0.15) is 10.9 Å². The van der Waals surface area contributed by atoms with Gasteiger partial charge in [-0.05, 0) is 24.3 Å². The molecule has 0 saturated carbocycles. The third-order valence-electron chi connectivity index (χ3n) is 4.18. The van der Waals surface area contributed by atoms with Crippen molar-refractivity contribution in [2.24, 2.45) is 0 Å². The van der Waals surface area contributed by atoms with Crippen LogP contribution in [0, 0.1) is 10.1 Å². The van der Waals surface area contributed by atoms with E-state index in [1.54, 1.807) is 12.1 Å². The quantitative estimate of drug-likeness (QED) is 0.385. The summed E-state index contributed by atoms with van der Waals surface area (Å²) in [7, 11) is 1.81. The van der Waals surface area contributed by atoms with E-state index in [4.69, 9.17) is 0 Å². The van der Waals surface area contributed by atoms with Crippen LogP contribution < -0.4 is 4.90 Å². The van der Waals surface area contributed by atoms with E-state index < -0.39 is 0 Å². The van der Waals surface area contributed by atoms with Crippen molar-refractivity contribution in [3.63, 3.8) is 0 Å². The summed E-state index contributed by atoms with van der Waals surface area (Å²) < 4.78 is 0. The van der Waals surface area contributed by atoms with Gasteiger partial charge in [-0.2, -0.15) is 0 Å². The van der Waals surface area contributed by atoms with Crippen LogP contribution in [-0.2, 0) is 10.9 Å². The topological polar surface area (TPSA) is 46.4 Å². The van der Waals surface area contributed by atoms with E-state index in [0.29, 0.717) is 0 Å². The SMILES string of the molecule is CN1c2ccccc2[S+](c2ccc([N+](=O)[O-])cc2)c2ccccc21. The van der Waals surface area contributed by atoms with Gasteiger partial charge in [0.05, 0.1) is 16.3 Å². The van der Waals surface area contributed by atoms with Crippen molar-refractivity contribution < 1.29 is 4.92 Å². The number of hydrogen-bond donors (Lipinski definition) is 0. The molecule has 4 nitrogen and oxygen atoms in total. The molecule has 0 fully saturated rings. The molecule has 3 aromatic carbocycles. The largest absolute Gasteiger partial charge is 0.336 e. The van der Waals surface area contributed by atoms with Crippen LogP contribution in [0.1, 0.15) is 0 Å². The summed E-state index contributed by atoms with van der Waals surface area (Å²) in [6, 6.07) is 23.6. The van der Waals surface area contributed by atoms with Crippen molar-refractivity contribution in [3.8, 4) is 0 Å². The maximum absolute atomic E-state index is 10.9. The van der Waals surface area contributed by atoms with Crippen LogP contribution in [0.25, 0.3) is 0 Å². The fraction of sp³-hybridized carbons (Fsp3) is 0.0526. The molecule has 1 heterocycles. The van der Waals surface area contributed by atoms with Crippen LogP contribution >= 0.6 is 0 Å². The molecular weight excluding hydrogens is 320 g/mol. The third-order valence-corrected chi connectivity index (χ3v) is 6.49. The first-order valence-electron chi connectivity index (χ1n) is 7.57. The van der Waals surface area contributed by atoms with Crippen molar-refractivity contribution in [2.75, 3.05) is 11.9 Å². The number of fused-ring (bicyclic) bond motifs is 2. The van der Waals surface area contributed by atoms with Gasteiger partial charge in [0.25, 0.3) is 5.69 Å². The highest BCUT2D eigenvalue weighted by atomic mass is 32.2. The van der Waals surface area contributed by atoms with E-state index in [9.17, 15) is 10.1 Å². The van der Waals surface area contributed by atoms with Crippen LogP contribution in [0.3, 0.4) is 0 Å². The second-order valence-electron chi connectivity index (χ2n) is 5.55. The van der Waals surface area contributed by atoms with E-state index in [1.807, 2.05) is 36.4 Å². The van der Waals surface area contributed by atoms with Gasteiger partial charge >= 0.3 is 0 Å². The molecule has 118 valence electrons. The minimum atomic E-state index is -0.358. The summed E-state index contributed by atoms with van der Waals surface area (Å²) in [6.45, 7) is 0. The molecule has 4 rings (SSSR count). The lowest BCUT2D eigenvalue weighted by Gasteiger charge is -2.28. The number of para-hydroxylation sites is 2. The van der Waals surface area contributed by atoms with Crippen molar-refractivity contribution >= 4 is 28.0 Å². The monoisotopic (exact) mass is 335 g/mol. The third kappa shape index (κ3) is 2.25. The number of anilines is 2. The van der Waals surface area contributed by atoms with Crippen LogP contribution in [-0.4, -0.2) is 12.0 Å². The molecule has 1 aliphatic heterocycles. The van der Waals surface area contributed by atoms with Gasteiger partial charge in [-0.3, -0.25) is 10.1 Å². The van der Waals surface area contributed by atoms with Crippen molar-refractivity contribution in [3.05, 3.63) is 82.9 Å². The van der Waals surface area contributed by atoms with Gasteiger partial charge in [0.15, 0.2) is 14.7 Å². The van der Waals surface area contributed by atoms with Crippen LogP contribution in [0.15, 0.2) is 87.5 Å². The predicted molar refractivity (Wildman–Crippen MR) is 96.2 cm³/mol. The molecule has 0 unspecified atom stereocenters. The zero-order valence-electron chi connectivity index (χ0n) is 13.0. The summed E-state index contributed by atoms with van der Waals surface area (Å²) >= 11 is 0. The highest BCUT2D eigenvalue weighted by Crippen LogP contribution is 2.47. The molecule has 24 heavy (non-hydrogen) atoms. The molecule has 0 N–H and O–H groups in total. The van der Waals surface area contributed by atoms with Crippen LogP contribution in [0.4, 0.5) is 17.1 Å². The maximum Gasteiger partial charge on any atom is 0.269 e. The molecule has 3 aromatic rings. The standard InChI is InChI=1S/C19H15N2O2S/c1-20-16-6-2-4-8-18(16)24(19-9-5-3-7-17(19)20)15-12-10-14(11-13-15)21(22)23/h2-13H,1H3/q+1. The highest BCUT2D eigenvalue weighted by Gasteiger charge is 2.39. The average Bonchev–Trinajstić information content (AvgIpc) is 2.62. The number of hydrogen-bond acceptors (Lipinski definition) is 3. The summed E-state index contributed by atoms with van der Waals surface area (Å²) in [5, 5.41) is 10.9. The highest BCUT2D eigenvalue weighted by molar-refractivity contribution is 7.97. The lowest BCUT2D eigenvalue weighted by molar-refractivity contribution is -0.384. The number of nitro benzene ring substituents is 1. The second-order valence-corrected chi connectivity index (χ2v) is 7.52. The summed E-state index contributed by atoms with van der Waals surface area (Å²) in [5.41, 5.74) is 2.48. The zero-order valence-corrected chi connectivity index (χ0v) is 13.9. The van der Waals surface area contributed by atoms with Gasteiger partial charge in [0.2, 0.25) is 0 Å². The molecule has 0 spiro atoms. The molecule has 0 atom stereocenters. The van der Waals surface area contributed by atoms with Crippen LogP contribution in [0.2, 0.25) is 0 Å². The molecule has 0 saturated heterocycles. The van der Waals surface area contributed by atoms with Gasteiger partial charge in [0, 0.05) is 31.3 Å². The lowest BCUT2D eigenvalue weighted by atomic mass is 10.2. The first kappa shape index (κ1) is 14.8. The molecule has 0 amide bonds. The molecule has 0 bridgehead atoms. The Bertz CT molecular complexity index is 877. The molecule has 0 radical (unpaired) electrons. The fourth-order valence-electron chi connectivity index (χ4n) is 3.02. The summed E-state index contributed by atoms with van der Waals surface area (Å²) in [6.07, 6.45) is 0. The fourth-order valence-corrected chi connectivity index (χ4v) is 5.43. The number of non-ortho nitro benzene ring substituents is 1. The van der Waals surface area contributed by atoms with Crippen molar-refractivity contribution in [1.29, 1.82) is 0 Å². The van der Waals surface area contributed by atoms with E-state index in [2.05, 4.69) is 36.2 Å². The van der Waals surface area contributed by atoms with E-state index in [0.717, 1.165) is 4.90 Å².